The van der Waals surface area contributed by atoms with Crippen LogP contribution in [0.1, 0.15) is 265 Å². The van der Waals surface area contributed by atoms with Crippen molar-refractivity contribution in [3.8, 4) is 95.1 Å². The van der Waals surface area contributed by atoms with Gasteiger partial charge in [-0.25, -0.2) is 4.85 Å². The highest BCUT2D eigenvalue weighted by atomic mass is 15.2. The van der Waals surface area contributed by atoms with Crippen molar-refractivity contribution in [2.24, 2.45) is 0 Å². The van der Waals surface area contributed by atoms with Gasteiger partial charge in [0, 0.05) is 28.4 Å². The molecule has 13 aromatic rings. The Kier molecular flexibility index (Phi) is 21.3. The minimum atomic E-state index is -0.393. The first kappa shape index (κ1) is 84.7. The number of anilines is 3. The number of fused-ring (bicyclic) bond motifs is 4. The van der Waals surface area contributed by atoms with Crippen LogP contribution in [0.4, 0.5) is 22.7 Å². The van der Waals surface area contributed by atoms with Gasteiger partial charge in [-0.1, -0.05) is 399 Å². The largest absolute Gasteiger partial charge is 0.310 e. The van der Waals surface area contributed by atoms with Crippen molar-refractivity contribution >= 4 is 45.9 Å². The van der Waals surface area contributed by atoms with E-state index in [4.69, 9.17) is 6.57 Å². The van der Waals surface area contributed by atoms with Gasteiger partial charge in [-0.05, 0) is 253 Å². The Hall–Kier alpha value is -11.3. The van der Waals surface area contributed by atoms with Crippen LogP contribution in [-0.2, 0) is 48.7 Å². The van der Waals surface area contributed by atoms with Gasteiger partial charge in [0.1, 0.15) is 0 Å². The molecule has 1 atom stereocenters. The van der Waals surface area contributed by atoms with Gasteiger partial charge in [0.05, 0.1) is 23.9 Å². The molecule has 0 radical (unpaired) electrons. The normalized spacial score (nSPS) is 13.9. The fourth-order valence-corrected chi connectivity index (χ4v) is 18.0. The van der Waals surface area contributed by atoms with Gasteiger partial charge in [0.2, 0.25) is 6.71 Å². The zero-order chi connectivity index (χ0) is 87.1. The number of rotatable bonds is 10. The summed E-state index contributed by atoms with van der Waals surface area (Å²) in [5, 5.41) is 10.5. The summed E-state index contributed by atoms with van der Waals surface area (Å²) in [7, 11) is 0. The van der Waals surface area contributed by atoms with E-state index < -0.39 is 5.92 Å². The van der Waals surface area contributed by atoms with E-state index in [1.807, 2.05) is 24.3 Å². The van der Waals surface area contributed by atoms with Gasteiger partial charge in [-0.3, -0.25) is 0 Å². The van der Waals surface area contributed by atoms with Crippen LogP contribution < -0.4 is 21.3 Å². The van der Waals surface area contributed by atoms with Crippen LogP contribution in [0.3, 0.4) is 0 Å². The molecule has 121 heavy (non-hydrogen) atoms. The predicted octanol–water partition coefficient (Wildman–Crippen LogP) is 30.9. The molecule has 13 aromatic carbocycles. The zero-order valence-corrected chi connectivity index (χ0v) is 77.2. The van der Waals surface area contributed by atoms with E-state index in [2.05, 4.69) is 433 Å². The minimum absolute atomic E-state index is 0.218. The second kappa shape index (κ2) is 30.4. The maximum atomic E-state index is 10.5. The van der Waals surface area contributed by atoms with Crippen molar-refractivity contribution in [3.05, 3.63) is 339 Å². The lowest BCUT2D eigenvalue weighted by molar-refractivity contribution is 0.568. The molecule has 4 heteroatoms. The Bertz CT molecular complexity index is 5600. The number of hydrogen-bond donors (Lipinski definition) is 0. The van der Waals surface area contributed by atoms with Gasteiger partial charge in [0.25, 0.3) is 0 Å². The average Bonchev–Trinajstić information content (AvgIpc) is 0.683. The number of hydrogen-bond acceptors (Lipinski definition) is 2. The molecule has 2 aliphatic rings. The van der Waals surface area contributed by atoms with Gasteiger partial charge >= 0.3 is 0 Å². The topological polar surface area (TPSA) is 31.4 Å². The molecule has 0 saturated carbocycles. The fraction of sp³-hybridized carbons (Fsp3) is 0.316. The molecule has 0 aromatic heterocycles. The van der Waals surface area contributed by atoms with Crippen molar-refractivity contribution in [2.75, 3.05) is 4.90 Å². The molecular formula is C117H124BN3. The van der Waals surface area contributed by atoms with E-state index in [9.17, 15) is 5.26 Å². The first-order valence-electron chi connectivity index (χ1n) is 43.9. The lowest BCUT2D eigenvalue weighted by Crippen LogP contribution is -2.62. The smallest absolute Gasteiger partial charge is 0.247 e. The van der Waals surface area contributed by atoms with Crippen molar-refractivity contribution in [1.82, 2.24) is 0 Å². The van der Waals surface area contributed by atoms with E-state index in [1.165, 1.54) is 117 Å². The summed E-state index contributed by atoms with van der Waals surface area (Å²) in [6, 6.07) is 102. The van der Waals surface area contributed by atoms with Gasteiger partial charge in [-0.15, -0.1) is 0 Å². The Morgan fingerprint density at radius 2 is 0.595 bits per heavy atom. The summed E-state index contributed by atoms with van der Waals surface area (Å²) < 4.78 is 0. The standard InChI is InChI=1S/C117H124BN3/c1-109(2,3)85-51-81(52-86(65-85)110(4,5)6)96-59-79(75-41-39-72(71-119)40-42-75)60-97(82-53-87(111(7,8)9)66-88(54-82)112(10,11)12)106(96)105-95-49-45-77(73-35-31-29-32-36-73)63-101(95)118-102-64-78(74-37-33-30-34-38-74)46-50-103(102)121(104-70-93(117(25,26)27)69-100(105)107(104)118)108-98(83-55-89(113(13,14)15)67-90(56-83)114(16,17)18)61-80(76-43-47-94(120-28)48-44-76)62-99(108)84-57-91(115(19,20)21)68-92(58-84)116(22,23)24/h29-70,105H,1-27H3. The average molecular weight is 1580 g/mol. The Labute approximate surface area is 726 Å². The maximum absolute atomic E-state index is 10.5. The number of nitrogens with zero attached hydrogens (tertiary/aromatic N) is 3. The van der Waals surface area contributed by atoms with Gasteiger partial charge in [-0.2, -0.15) is 5.26 Å². The minimum Gasteiger partial charge on any atom is -0.310 e. The molecule has 2 heterocycles. The van der Waals surface area contributed by atoms with Gasteiger partial charge in [0.15, 0.2) is 5.69 Å². The summed E-state index contributed by atoms with van der Waals surface area (Å²) in [5.41, 5.74) is 39.6. The van der Waals surface area contributed by atoms with Crippen LogP contribution in [0, 0.1) is 17.9 Å². The van der Waals surface area contributed by atoms with Crippen LogP contribution in [0.15, 0.2) is 255 Å². The summed E-state index contributed by atoms with van der Waals surface area (Å²) in [4.78, 5) is 6.75. The van der Waals surface area contributed by atoms with Crippen molar-refractivity contribution in [2.45, 2.75) is 242 Å². The quantitative estimate of drug-likeness (QED) is 0.101. The molecule has 610 valence electrons. The molecule has 15 rings (SSSR count). The fourth-order valence-electron chi connectivity index (χ4n) is 18.0. The molecule has 0 aliphatic carbocycles. The predicted molar refractivity (Wildman–Crippen MR) is 522 cm³/mol. The first-order chi connectivity index (χ1) is 56.5. The van der Waals surface area contributed by atoms with Crippen molar-refractivity contribution in [1.29, 1.82) is 5.26 Å². The van der Waals surface area contributed by atoms with Gasteiger partial charge < -0.3 is 4.90 Å². The first-order valence-corrected chi connectivity index (χ1v) is 43.9. The third-order valence-corrected chi connectivity index (χ3v) is 25.8. The monoisotopic (exact) mass is 1580 g/mol. The maximum Gasteiger partial charge on any atom is 0.247 e. The Morgan fingerprint density at radius 3 is 0.950 bits per heavy atom. The Morgan fingerprint density at radius 1 is 0.281 bits per heavy atom. The molecule has 0 fully saturated rings. The third-order valence-electron chi connectivity index (χ3n) is 25.8. The van der Waals surface area contributed by atoms with Crippen molar-refractivity contribution < 1.29 is 0 Å². The van der Waals surface area contributed by atoms with Crippen LogP contribution in [-0.4, -0.2) is 6.71 Å². The summed E-state index contributed by atoms with van der Waals surface area (Å²) in [5.74, 6) is -0.393. The molecule has 0 N–H and O–H groups in total. The summed E-state index contributed by atoms with van der Waals surface area (Å²) in [6.45, 7) is 72.1. The zero-order valence-electron chi connectivity index (χ0n) is 77.2. The summed E-state index contributed by atoms with van der Waals surface area (Å²) >= 11 is 0. The number of benzene rings is 13. The highest BCUT2D eigenvalue weighted by Crippen LogP contribution is 2.56. The molecule has 0 saturated heterocycles. The van der Waals surface area contributed by atoms with Crippen LogP contribution >= 0.6 is 0 Å². The molecule has 3 nitrogen and oxygen atoms in total. The second-order valence-electron chi connectivity index (χ2n) is 44.2. The molecule has 0 bridgehead atoms. The van der Waals surface area contributed by atoms with E-state index in [0.29, 0.717) is 11.3 Å². The second-order valence-corrected chi connectivity index (χ2v) is 44.2. The summed E-state index contributed by atoms with van der Waals surface area (Å²) in [6.07, 6.45) is 0. The van der Waals surface area contributed by atoms with Crippen LogP contribution in [0.25, 0.3) is 93.9 Å². The van der Waals surface area contributed by atoms with E-state index in [-0.39, 0.29) is 55.4 Å². The molecule has 2 aliphatic heterocycles. The van der Waals surface area contributed by atoms with Crippen LogP contribution in [0.2, 0.25) is 0 Å². The van der Waals surface area contributed by atoms with E-state index >= 15 is 0 Å². The third kappa shape index (κ3) is 16.6. The lowest BCUT2D eigenvalue weighted by atomic mass is 9.30. The molecule has 0 spiro atoms. The number of nitriles is 1. The lowest BCUT2D eigenvalue weighted by Gasteiger charge is -2.45. The molecule has 0 amide bonds. The highest BCUT2D eigenvalue weighted by molar-refractivity contribution is 6.99. The van der Waals surface area contributed by atoms with Crippen molar-refractivity contribution in [3.63, 3.8) is 0 Å². The molecule has 1 unspecified atom stereocenters. The Balaban J connectivity index is 1.22. The highest BCUT2D eigenvalue weighted by Gasteiger charge is 2.48. The van der Waals surface area contributed by atoms with Crippen LogP contribution in [0.5, 0.6) is 0 Å². The van der Waals surface area contributed by atoms with E-state index in [1.54, 1.807) is 0 Å². The molecular weight excluding hydrogens is 1460 g/mol. The SMILES string of the molecule is [C-]#[N+]c1ccc(-c2cc(-c3cc(C(C)(C)C)cc(C(C)(C)C)c3)c(N3c4ccc(-c5ccccc5)cc4B4c5cc(-c6ccccc6)ccc5C(c5c(-c6cc(C(C)(C)C)cc(C(C)(C)C)c6)cc(-c6ccc(C#N)cc6)cc5-c5cc(C(C)(C)C)cc(C(C)(C)C)c5)c5cc(C(C)(C)C)cc3c54)c(-c3cc(C(C)(C)C)cc(C(C)(C)C)c3)c2)cc1. The van der Waals surface area contributed by atoms with E-state index in [0.717, 1.165) is 72.7 Å².